The zero-order chi connectivity index (χ0) is 20.5. The summed E-state index contributed by atoms with van der Waals surface area (Å²) in [5, 5.41) is 3.27. The molecule has 4 aliphatic rings. The average molecular weight is 412 g/mol. The lowest BCUT2D eigenvalue weighted by molar-refractivity contribution is 0.0217. The van der Waals surface area contributed by atoms with Gasteiger partial charge in [-0.15, -0.1) is 0 Å². The lowest BCUT2D eigenvalue weighted by atomic mass is 9.79. The number of piperidine rings is 3. The van der Waals surface area contributed by atoms with Gasteiger partial charge in [0.2, 0.25) is 0 Å². The Morgan fingerprint density at radius 3 is 2.53 bits per heavy atom. The average Bonchev–Trinajstić information content (AvgIpc) is 3.26. The predicted molar refractivity (Wildman–Crippen MR) is 113 cm³/mol. The Bertz CT molecular complexity index is 865. The monoisotopic (exact) mass is 411 g/mol. The second-order valence-electron chi connectivity index (χ2n) is 8.46. The zero-order valence-corrected chi connectivity index (χ0v) is 17.4. The molecule has 5 heterocycles. The van der Waals surface area contributed by atoms with Crippen molar-refractivity contribution in [1.29, 1.82) is 0 Å². The summed E-state index contributed by atoms with van der Waals surface area (Å²) in [6, 6.07) is 9.77. The molecule has 0 aliphatic carbocycles. The highest BCUT2D eigenvalue weighted by atomic mass is 16.6. The summed E-state index contributed by atoms with van der Waals surface area (Å²) in [5.41, 5.74) is 1.65. The lowest BCUT2D eigenvalue weighted by Crippen LogP contribution is -2.62. The largest absolute Gasteiger partial charge is 0.432 e. The van der Waals surface area contributed by atoms with Crippen LogP contribution >= 0.6 is 0 Å². The summed E-state index contributed by atoms with van der Waals surface area (Å²) in [6.45, 7) is 7.69. The van der Waals surface area contributed by atoms with Gasteiger partial charge in [0.1, 0.15) is 12.0 Å². The number of nitrogens with zero attached hydrogens (tertiary/aromatic N) is 2. The third kappa shape index (κ3) is 3.91. The molecule has 0 saturated carbocycles. The molecule has 1 aromatic heterocycles. The van der Waals surface area contributed by atoms with E-state index in [1.807, 2.05) is 30.3 Å². The van der Waals surface area contributed by atoms with E-state index in [2.05, 4.69) is 22.0 Å². The van der Waals surface area contributed by atoms with Crippen LogP contribution in [0.5, 0.6) is 11.7 Å². The van der Waals surface area contributed by atoms with Crippen LogP contribution in [0.2, 0.25) is 0 Å². The summed E-state index contributed by atoms with van der Waals surface area (Å²) in [5.74, 6) is 1.66. The smallest absolute Gasteiger partial charge is 0.291 e. The number of carbonyl (C=O) groups excluding carboxylic acids is 1. The molecular weight excluding hydrogens is 382 g/mol. The highest BCUT2D eigenvalue weighted by molar-refractivity contribution is 5.94. The quantitative estimate of drug-likeness (QED) is 0.816. The van der Waals surface area contributed by atoms with Crippen molar-refractivity contribution in [2.45, 2.75) is 31.8 Å². The van der Waals surface area contributed by atoms with Crippen molar-refractivity contribution < 1.29 is 18.7 Å². The van der Waals surface area contributed by atoms with Gasteiger partial charge in [0, 0.05) is 36.8 Å². The first-order valence-electron chi connectivity index (χ1n) is 10.9. The molecule has 7 heteroatoms. The number of nitrogens with one attached hydrogen (secondary N) is 1. The molecule has 7 nitrogen and oxygen atoms in total. The Hall–Kier alpha value is -2.51. The van der Waals surface area contributed by atoms with Gasteiger partial charge in [-0.3, -0.25) is 9.69 Å². The lowest BCUT2D eigenvalue weighted by Gasteiger charge is -2.49. The number of fused-ring (bicyclic) bond motifs is 3. The van der Waals surface area contributed by atoms with Crippen LogP contribution in [0.3, 0.4) is 0 Å². The van der Waals surface area contributed by atoms with Gasteiger partial charge in [-0.2, -0.15) is 0 Å². The number of hydrogen-bond acceptors (Lipinski definition) is 6. The molecule has 4 aliphatic heterocycles. The Balaban J connectivity index is 1.19. The molecule has 0 radical (unpaired) electrons. The van der Waals surface area contributed by atoms with Crippen LogP contribution in [0.25, 0.3) is 0 Å². The van der Waals surface area contributed by atoms with Gasteiger partial charge in [-0.05, 0) is 63.0 Å². The van der Waals surface area contributed by atoms with Crippen molar-refractivity contribution in [2.75, 3.05) is 44.3 Å². The molecule has 2 atom stereocenters. The van der Waals surface area contributed by atoms with Gasteiger partial charge >= 0.3 is 0 Å². The minimum absolute atomic E-state index is 0.0141. The van der Waals surface area contributed by atoms with Gasteiger partial charge in [-0.25, -0.2) is 0 Å². The van der Waals surface area contributed by atoms with E-state index >= 15 is 0 Å². The van der Waals surface area contributed by atoms with E-state index in [0.29, 0.717) is 29.2 Å². The Labute approximate surface area is 176 Å². The normalized spacial score (nSPS) is 28.4. The third-order valence-corrected chi connectivity index (χ3v) is 6.75. The van der Waals surface area contributed by atoms with Crippen molar-refractivity contribution in [1.82, 2.24) is 10.2 Å². The molecule has 1 N–H and O–H groups in total. The Kier molecular flexibility index (Phi) is 5.39. The van der Waals surface area contributed by atoms with E-state index in [9.17, 15) is 4.79 Å². The molecule has 1 amide bonds. The van der Waals surface area contributed by atoms with Crippen LogP contribution in [0.4, 0.5) is 5.69 Å². The molecule has 2 aromatic rings. The first-order chi connectivity index (χ1) is 14.7. The van der Waals surface area contributed by atoms with E-state index < -0.39 is 0 Å². The number of benzene rings is 1. The standard InChI is InChI=1S/C23H29N3O4/c1-16-22(17-6-8-25(16)9-7-17)24-23(27)18-2-4-20(5-3-18)30-21-14-19(15-29-21)26-10-12-28-13-11-26/h2-5,14-17,22H,6-13H2,1H3,(H,24,27)/t16-,22-/m0/s1. The van der Waals surface area contributed by atoms with Crippen LogP contribution in [0.15, 0.2) is 41.0 Å². The number of hydrogen-bond donors (Lipinski definition) is 1. The second kappa shape index (κ2) is 8.32. The van der Waals surface area contributed by atoms with E-state index in [1.54, 1.807) is 6.26 Å². The minimum Gasteiger partial charge on any atom is -0.432 e. The maximum absolute atomic E-state index is 12.8. The SMILES string of the molecule is C[C@H]1[C@H](NC(=O)c2ccc(Oc3cc(N4CCOCC4)co3)cc2)C2CCN1CC2. The fraction of sp³-hybridized carbons (Fsp3) is 0.522. The van der Waals surface area contributed by atoms with Crippen molar-refractivity contribution in [3.63, 3.8) is 0 Å². The molecule has 30 heavy (non-hydrogen) atoms. The first-order valence-corrected chi connectivity index (χ1v) is 10.9. The maximum atomic E-state index is 12.8. The number of ether oxygens (including phenoxy) is 2. The van der Waals surface area contributed by atoms with Gasteiger partial charge in [0.05, 0.1) is 18.9 Å². The van der Waals surface area contributed by atoms with Crippen LogP contribution in [-0.4, -0.2) is 62.3 Å². The summed E-state index contributed by atoms with van der Waals surface area (Å²) in [6.07, 6.45) is 4.06. The Morgan fingerprint density at radius 2 is 1.83 bits per heavy atom. The van der Waals surface area contributed by atoms with Gasteiger partial charge < -0.3 is 24.1 Å². The van der Waals surface area contributed by atoms with Gasteiger partial charge in [0.15, 0.2) is 0 Å². The van der Waals surface area contributed by atoms with Crippen LogP contribution < -0.4 is 15.0 Å². The van der Waals surface area contributed by atoms with Gasteiger partial charge in [0.25, 0.3) is 11.9 Å². The van der Waals surface area contributed by atoms with Crippen molar-refractivity contribution in [3.8, 4) is 11.7 Å². The van der Waals surface area contributed by atoms with E-state index in [0.717, 1.165) is 45.1 Å². The molecule has 0 spiro atoms. The van der Waals surface area contributed by atoms with E-state index in [1.165, 1.54) is 12.8 Å². The van der Waals surface area contributed by atoms with E-state index in [-0.39, 0.29) is 11.9 Å². The molecule has 4 saturated heterocycles. The molecule has 2 bridgehead atoms. The summed E-state index contributed by atoms with van der Waals surface area (Å²) in [4.78, 5) is 17.5. The van der Waals surface area contributed by atoms with E-state index in [4.69, 9.17) is 13.9 Å². The summed E-state index contributed by atoms with van der Waals surface area (Å²) < 4.78 is 16.8. The fourth-order valence-corrected chi connectivity index (χ4v) is 4.92. The Morgan fingerprint density at radius 1 is 1.10 bits per heavy atom. The highest BCUT2D eigenvalue weighted by Gasteiger charge is 2.40. The zero-order valence-electron chi connectivity index (χ0n) is 17.4. The van der Waals surface area contributed by atoms with Crippen molar-refractivity contribution in [2.24, 2.45) is 5.92 Å². The topological polar surface area (TPSA) is 67.2 Å². The summed E-state index contributed by atoms with van der Waals surface area (Å²) in [7, 11) is 0. The number of amides is 1. The third-order valence-electron chi connectivity index (χ3n) is 6.75. The van der Waals surface area contributed by atoms with Crippen LogP contribution in [0.1, 0.15) is 30.1 Å². The minimum atomic E-state index is -0.0141. The molecule has 160 valence electrons. The molecular formula is C23H29N3O4. The van der Waals surface area contributed by atoms with Crippen LogP contribution in [0, 0.1) is 5.92 Å². The molecule has 1 aromatic carbocycles. The number of carbonyl (C=O) groups is 1. The number of rotatable bonds is 5. The molecule has 4 fully saturated rings. The van der Waals surface area contributed by atoms with Gasteiger partial charge in [-0.1, -0.05) is 0 Å². The maximum Gasteiger partial charge on any atom is 0.291 e. The van der Waals surface area contributed by atoms with Crippen LogP contribution in [-0.2, 0) is 4.74 Å². The number of anilines is 1. The second-order valence-corrected chi connectivity index (χ2v) is 8.46. The molecule has 0 unspecified atom stereocenters. The highest BCUT2D eigenvalue weighted by Crippen LogP contribution is 2.32. The molecule has 6 rings (SSSR count). The van der Waals surface area contributed by atoms with Crippen molar-refractivity contribution >= 4 is 11.6 Å². The number of furan rings is 1. The fourth-order valence-electron chi connectivity index (χ4n) is 4.92. The predicted octanol–water partition coefficient (Wildman–Crippen LogP) is 3.12. The first kappa shape index (κ1) is 19.5. The summed E-state index contributed by atoms with van der Waals surface area (Å²) >= 11 is 0. The number of morpholine rings is 1. The van der Waals surface area contributed by atoms with Crippen molar-refractivity contribution in [3.05, 3.63) is 42.2 Å².